The van der Waals surface area contributed by atoms with Crippen molar-refractivity contribution in [1.82, 2.24) is 4.98 Å². The summed E-state index contributed by atoms with van der Waals surface area (Å²) in [4.78, 5) is 4.10. The molecule has 0 bridgehead atoms. The van der Waals surface area contributed by atoms with E-state index in [1.54, 1.807) is 12.3 Å². The molecule has 2 rings (SSSR count). The minimum Gasteiger partial charge on any atom is -0.380 e. The third-order valence-corrected chi connectivity index (χ3v) is 3.32. The van der Waals surface area contributed by atoms with Crippen molar-refractivity contribution >= 4 is 37.5 Å². The van der Waals surface area contributed by atoms with Crippen molar-refractivity contribution < 1.29 is 4.39 Å². The summed E-state index contributed by atoms with van der Waals surface area (Å²) >= 11 is 6.39. The number of pyridine rings is 1. The van der Waals surface area contributed by atoms with Crippen LogP contribution in [0.5, 0.6) is 0 Å². The molecule has 1 N–H and O–H groups in total. The SMILES string of the molecule is Fc1cc(CNc2ccc(Br)nc2)ccc1Br. The van der Waals surface area contributed by atoms with Gasteiger partial charge in [-0.3, -0.25) is 0 Å². The highest BCUT2D eigenvalue weighted by atomic mass is 79.9. The third-order valence-electron chi connectivity index (χ3n) is 2.21. The van der Waals surface area contributed by atoms with E-state index in [9.17, 15) is 4.39 Å². The summed E-state index contributed by atoms with van der Waals surface area (Å²) in [6, 6.07) is 8.83. The number of benzene rings is 1. The fourth-order valence-corrected chi connectivity index (χ4v) is 1.82. The second-order valence-corrected chi connectivity index (χ2v) is 5.14. The van der Waals surface area contributed by atoms with E-state index < -0.39 is 0 Å². The molecule has 0 fully saturated rings. The molecule has 0 radical (unpaired) electrons. The van der Waals surface area contributed by atoms with Crippen LogP contribution in [0.3, 0.4) is 0 Å². The lowest BCUT2D eigenvalue weighted by atomic mass is 10.2. The maximum Gasteiger partial charge on any atom is 0.137 e. The first-order valence-electron chi connectivity index (χ1n) is 4.94. The topological polar surface area (TPSA) is 24.9 Å². The molecular weight excluding hydrogens is 351 g/mol. The van der Waals surface area contributed by atoms with Gasteiger partial charge in [0.2, 0.25) is 0 Å². The summed E-state index contributed by atoms with van der Waals surface area (Å²) in [6.45, 7) is 0.563. The van der Waals surface area contributed by atoms with Gasteiger partial charge in [-0.05, 0) is 61.7 Å². The molecule has 0 aliphatic rings. The Morgan fingerprint density at radius 2 is 2.00 bits per heavy atom. The van der Waals surface area contributed by atoms with Gasteiger partial charge in [0, 0.05) is 6.54 Å². The zero-order valence-corrected chi connectivity index (χ0v) is 11.9. The van der Waals surface area contributed by atoms with Crippen LogP contribution in [0, 0.1) is 5.82 Å². The van der Waals surface area contributed by atoms with Crippen LogP contribution in [-0.4, -0.2) is 4.98 Å². The van der Waals surface area contributed by atoms with Crippen molar-refractivity contribution in [2.75, 3.05) is 5.32 Å². The lowest BCUT2D eigenvalue weighted by Gasteiger charge is -2.06. The minimum atomic E-state index is -0.252. The minimum absolute atomic E-state index is 0.252. The van der Waals surface area contributed by atoms with Crippen molar-refractivity contribution in [3.63, 3.8) is 0 Å². The van der Waals surface area contributed by atoms with Gasteiger partial charge in [0.25, 0.3) is 0 Å². The van der Waals surface area contributed by atoms with Crippen LogP contribution >= 0.6 is 31.9 Å². The smallest absolute Gasteiger partial charge is 0.137 e. The summed E-state index contributed by atoms with van der Waals surface area (Å²) in [5.41, 5.74) is 1.78. The van der Waals surface area contributed by atoms with E-state index in [0.29, 0.717) is 11.0 Å². The number of aromatic nitrogens is 1. The Morgan fingerprint density at radius 1 is 1.18 bits per heavy atom. The molecule has 0 spiro atoms. The molecule has 0 amide bonds. The highest BCUT2D eigenvalue weighted by Crippen LogP contribution is 2.17. The number of nitrogens with zero attached hydrogens (tertiary/aromatic N) is 1. The van der Waals surface area contributed by atoms with Crippen LogP contribution in [0.15, 0.2) is 45.6 Å². The molecule has 0 atom stereocenters. The lowest BCUT2D eigenvalue weighted by molar-refractivity contribution is 0.619. The monoisotopic (exact) mass is 358 g/mol. The second kappa shape index (κ2) is 5.60. The number of halogens is 3. The zero-order chi connectivity index (χ0) is 12.3. The molecule has 1 heterocycles. The number of hydrogen-bond acceptors (Lipinski definition) is 2. The van der Waals surface area contributed by atoms with Gasteiger partial charge < -0.3 is 5.32 Å². The third kappa shape index (κ3) is 3.51. The summed E-state index contributed by atoms with van der Waals surface area (Å²) in [6.07, 6.45) is 1.72. The maximum atomic E-state index is 13.3. The van der Waals surface area contributed by atoms with Crippen LogP contribution in [0.1, 0.15) is 5.56 Å². The normalized spacial score (nSPS) is 10.3. The van der Waals surface area contributed by atoms with Gasteiger partial charge >= 0.3 is 0 Å². The summed E-state index contributed by atoms with van der Waals surface area (Å²) in [7, 11) is 0. The fraction of sp³-hybridized carbons (Fsp3) is 0.0833. The Labute approximate surface area is 116 Å². The second-order valence-electron chi connectivity index (χ2n) is 3.47. The van der Waals surface area contributed by atoms with Crippen LogP contribution in [0.4, 0.5) is 10.1 Å². The molecule has 1 aromatic heterocycles. The van der Waals surface area contributed by atoms with Crippen molar-refractivity contribution in [2.45, 2.75) is 6.54 Å². The lowest BCUT2D eigenvalue weighted by Crippen LogP contribution is -2.00. The summed E-state index contributed by atoms with van der Waals surface area (Å²) in [5, 5.41) is 3.17. The predicted molar refractivity (Wildman–Crippen MR) is 73.4 cm³/mol. The quantitative estimate of drug-likeness (QED) is 0.823. The molecule has 2 aromatic rings. The van der Waals surface area contributed by atoms with Crippen LogP contribution < -0.4 is 5.32 Å². The Balaban J connectivity index is 2.02. The van der Waals surface area contributed by atoms with E-state index >= 15 is 0 Å². The molecule has 0 aliphatic heterocycles. The van der Waals surface area contributed by atoms with E-state index in [-0.39, 0.29) is 5.82 Å². The summed E-state index contributed by atoms with van der Waals surface area (Å²) in [5.74, 6) is -0.252. The Hall–Kier alpha value is -0.940. The molecule has 2 nitrogen and oxygen atoms in total. The van der Waals surface area contributed by atoms with Gasteiger partial charge in [-0.2, -0.15) is 0 Å². The van der Waals surface area contributed by atoms with Crippen LogP contribution in [0.25, 0.3) is 0 Å². The number of rotatable bonds is 3. The molecule has 0 aliphatic carbocycles. The molecule has 0 saturated heterocycles. The summed E-state index contributed by atoms with van der Waals surface area (Å²) < 4.78 is 14.5. The van der Waals surface area contributed by atoms with E-state index in [4.69, 9.17) is 0 Å². The van der Waals surface area contributed by atoms with Gasteiger partial charge in [-0.25, -0.2) is 9.37 Å². The Kier molecular flexibility index (Phi) is 4.12. The molecular formula is C12H9Br2FN2. The Morgan fingerprint density at radius 3 is 2.65 bits per heavy atom. The van der Waals surface area contributed by atoms with Crippen molar-refractivity contribution in [1.29, 1.82) is 0 Å². The highest BCUT2D eigenvalue weighted by molar-refractivity contribution is 9.10. The maximum absolute atomic E-state index is 13.3. The number of hydrogen-bond donors (Lipinski definition) is 1. The van der Waals surface area contributed by atoms with Gasteiger partial charge in [-0.1, -0.05) is 6.07 Å². The average molecular weight is 360 g/mol. The van der Waals surface area contributed by atoms with Gasteiger partial charge in [0.15, 0.2) is 0 Å². The predicted octanol–water partition coefficient (Wildman–Crippen LogP) is 4.36. The van der Waals surface area contributed by atoms with Crippen LogP contribution in [-0.2, 0) is 6.54 Å². The highest BCUT2D eigenvalue weighted by Gasteiger charge is 2.00. The molecule has 0 unspecified atom stereocenters. The van der Waals surface area contributed by atoms with E-state index in [0.717, 1.165) is 15.9 Å². The van der Waals surface area contributed by atoms with Gasteiger partial charge in [0.1, 0.15) is 10.4 Å². The van der Waals surface area contributed by atoms with Crippen LogP contribution in [0.2, 0.25) is 0 Å². The zero-order valence-electron chi connectivity index (χ0n) is 8.75. The molecule has 5 heteroatoms. The van der Waals surface area contributed by atoms with Crippen molar-refractivity contribution in [3.05, 3.63) is 57.0 Å². The van der Waals surface area contributed by atoms with Gasteiger partial charge in [-0.15, -0.1) is 0 Å². The van der Waals surface area contributed by atoms with E-state index in [2.05, 4.69) is 42.2 Å². The first-order chi connectivity index (χ1) is 8.15. The van der Waals surface area contributed by atoms with E-state index in [1.807, 2.05) is 18.2 Å². The molecule has 88 valence electrons. The fourth-order valence-electron chi connectivity index (χ4n) is 1.33. The van der Waals surface area contributed by atoms with E-state index in [1.165, 1.54) is 6.07 Å². The standard InChI is InChI=1S/C12H9Br2FN2/c13-10-3-1-8(5-11(10)15)6-16-9-2-4-12(14)17-7-9/h1-5,7,16H,6H2. The number of nitrogens with one attached hydrogen (secondary N) is 1. The van der Waals surface area contributed by atoms with Gasteiger partial charge in [0.05, 0.1) is 16.4 Å². The van der Waals surface area contributed by atoms with Crippen molar-refractivity contribution in [2.24, 2.45) is 0 Å². The first-order valence-corrected chi connectivity index (χ1v) is 6.53. The Bertz CT molecular complexity index is 514. The first kappa shape index (κ1) is 12.5. The molecule has 17 heavy (non-hydrogen) atoms. The number of anilines is 1. The molecule has 1 aromatic carbocycles. The average Bonchev–Trinajstić information content (AvgIpc) is 2.33. The largest absolute Gasteiger partial charge is 0.380 e. The van der Waals surface area contributed by atoms with Crippen molar-refractivity contribution in [3.8, 4) is 0 Å². The molecule has 0 saturated carbocycles.